The third-order valence-electron chi connectivity index (χ3n) is 2.33. The van der Waals surface area contributed by atoms with Crippen LogP contribution in [0.1, 0.15) is 5.56 Å². The Hall–Kier alpha value is -1.45. The van der Waals surface area contributed by atoms with E-state index in [4.69, 9.17) is 0 Å². The molecule has 0 atom stereocenters. The van der Waals surface area contributed by atoms with Crippen molar-refractivity contribution in [1.29, 1.82) is 0 Å². The first-order chi connectivity index (χ1) is 9.04. The minimum absolute atomic E-state index is 0.0468. The topological polar surface area (TPSA) is 99.8 Å². The number of anilines is 1. The fourth-order valence-electron chi connectivity index (χ4n) is 1.50. The SMILES string of the molecule is CNCc1cn[nH]c1S(=O)(=O)Nc1ccncc1Br. The Bertz CT molecular complexity index is 670. The van der Waals surface area contributed by atoms with Crippen LogP contribution in [0.2, 0.25) is 0 Å². The van der Waals surface area contributed by atoms with Crippen molar-refractivity contribution in [3.8, 4) is 0 Å². The molecule has 2 aromatic rings. The van der Waals surface area contributed by atoms with Crippen LogP contribution >= 0.6 is 15.9 Å². The van der Waals surface area contributed by atoms with E-state index in [9.17, 15) is 8.42 Å². The van der Waals surface area contributed by atoms with Gasteiger partial charge in [-0.15, -0.1) is 0 Å². The van der Waals surface area contributed by atoms with Gasteiger partial charge in [-0.2, -0.15) is 13.5 Å². The van der Waals surface area contributed by atoms with Crippen molar-refractivity contribution in [1.82, 2.24) is 20.5 Å². The van der Waals surface area contributed by atoms with E-state index in [1.54, 1.807) is 13.1 Å². The first kappa shape index (κ1) is 14.0. The molecule has 9 heteroatoms. The van der Waals surface area contributed by atoms with Gasteiger partial charge in [0, 0.05) is 24.5 Å². The third-order valence-corrected chi connectivity index (χ3v) is 4.34. The molecule has 2 rings (SSSR count). The van der Waals surface area contributed by atoms with Crippen LogP contribution < -0.4 is 10.0 Å². The van der Waals surface area contributed by atoms with Crippen LogP contribution in [0, 0.1) is 0 Å². The van der Waals surface area contributed by atoms with Crippen molar-refractivity contribution in [3.63, 3.8) is 0 Å². The molecule has 3 N–H and O–H groups in total. The monoisotopic (exact) mass is 345 g/mol. The number of nitrogens with zero attached hydrogens (tertiary/aromatic N) is 2. The van der Waals surface area contributed by atoms with E-state index in [0.29, 0.717) is 22.3 Å². The number of rotatable bonds is 5. The molecule has 0 aliphatic rings. The van der Waals surface area contributed by atoms with Gasteiger partial charge in [-0.25, -0.2) is 0 Å². The summed E-state index contributed by atoms with van der Waals surface area (Å²) in [5.74, 6) is 0. The summed E-state index contributed by atoms with van der Waals surface area (Å²) in [6.07, 6.45) is 4.50. The fraction of sp³-hybridized carbons (Fsp3) is 0.200. The number of aromatic nitrogens is 3. The highest BCUT2D eigenvalue weighted by atomic mass is 79.9. The van der Waals surface area contributed by atoms with Gasteiger partial charge in [-0.3, -0.25) is 14.8 Å². The van der Waals surface area contributed by atoms with E-state index >= 15 is 0 Å². The van der Waals surface area contributed by atoms with Gasteiger partial charge >= 0.3 is 0 Å². The van der Waals surface area contributed by atoms with Gasteiger partial charge < -0.3 is 5.32 Å². The second-order valence-corrected chi connectivity index (χ2v) is 6.19. The van der Waals surface area contributed by atoms with E-state index in [2.05, 4.69) is 41.2 Å². The Labute approximate surface area is 119 Å². The number of hydrogen-bond donors (Lipinski definition) is 3. The predicted octanol–water partition coefficient (Wildman–Crippen LogP) is 1.09. The summed E-state index contributed by atoms with van der Waals surface area (Å²) in [5, 5.41) is 9.20. The quantitative estimate of drug-likeness (QED) is 0.753. The number of hydrogen-bond acceptors (Lipinski definition) is 5. The second kappa shape index (κ2) is 5.68. The summed E-state index contributed by atoms with van der Waals surface area (Å²) >= 11 is 3.23. The zero-order chi connectivity index (χ0) is 13.9. The summed E-state index contributed by atoms with van der Waals surface area (Å²) in [4.78, 5) is 3.87. The summed E-state index contributed by atoms with van der Waals surface area (Å²) in [6, 6.07) is 1.57. The lowest BCUT2D eigenvalue weighted by atomic mass is 10.4. The van der Waals surface area contributed by atoms with Crippen LogP contribution in [0.25, 0.3) is 0 Å². The van der Waals surface area contributed by atoms with Crippen molar-refractivity contribution < 1.29 is 8.42 Å². The molecule has 2 heterocycles. The van der Waals surface area contributed by atoms with E-state index in [0.717, 1.165) is 0 Å². The molecule has 0 aliphatic heterocycles. The standard InChI is InChI=1S/C10H12BrN5O2S/c1-12-4-7-5-14-15-10(7)19(17,18)16-9-2-3-13-6-8(9)11/h2-3,5-6,12H,4H2,1H3,(H,13,16)(H,14,15). The zero-order valence-corrected chi connectivity index (χ0v) is 12.4. The van der Waals surface area contributed by atoms with Crippen LogP contribution in [0.3, 0.4) is 0 Å². The smallest absolute Gasteiger partial charge is 0.279 e. The molecular formula is C10H12BrN5O2S. The van der Waals surface area contributed by atoms with E-state index in [1.165, 1.54) is 18.6 Å². The van der Waals surface area contributed by atoms with Crippen LogP contribution in [-0.4, -0.2) is 30.6 Å². The van der Waals surface area contributed by atoms with Gasteiger partial charge in [0.05, 0.1) is 16.4 Å². The van der Waals surface area contributed by atoms with Gasteiger partial charge in [0.2, 0.25) is 0 Å². The van der Waals surface area contributed by atoms with Crippen molar-refractivity contribution in [3.05, 3.63) is 34.7 Å². The largest absolute Gasteiger partial charge is 0.316 e. The van der Waals surface area contributed by atoms with Crippen LogP contribution in [-0.2, 0) is 16.6 Å². The average Bonchev–Trinajstić information content (AvgIpc) is 2.81. The molecular weight excluding hydrogens is 334 g/mol. The first-order valence-corrected chi connectivity index (χ1v) is 7.61. The second-order valence-electron chi connectivity index (χ2n) is 3.72. The Morgan fingerprint density at radius 3 is 2.89 bits per heavy atom. The number of sulfonamides is 1. The fourth-order valence-corrected chi connectivity index (χ4v) is 3.20. The normalized spacial score (nSPS) is 11.5. The van der Waals surface area contributed by atoms with Crippen molar-refractivity contribution in [2.45, 2.75) is 11.6 Å². The maximum absolute atomic E-state index is 12.3. The lowest BCUT2D eigenvalue weighted by Gasteiger charge is -2.09. The molecule has 0 amide bonds. The van der Waals surface area contributed by atoms with Crippen LogP contribution in [0.4, 0.5) is 5.69 Å². The summed E-state index contributed by atoms with van der Waals surface area (Å²) in [7, 11) is -1.98. The van der Waals surface area contributed by atoms with Crippen molar-refractivity contribution in [2.75, 3.05) is 11.8 Å². The number of pyridine rings is 1. The number of H-pyrrole nitrogens is 1. The lowest BCUT2D eigenvalue weighted by molar-refractivity contribution is 0.595. The minimum atomic E-state index is -3.71. The number of nitrogens with one attached hydrogen (secondary N) is 3. The van der Waals surface area contributed by atoms with Crippen molar-refractivity contribution in [2.24, 2.45) is 0 Å². The van der Waals surface area contributed by atoms with Gasteiger partial charge in [0.1, 0.15) is 0 Å². The van der Waals surface area contributed by atoms with Gasteiger partial charge in [0.25, 0.3) is 10.0 Å². The molecule has 0 saturated heterocycles. The highest BCUT2D eigenvalue weighted by molar-refractivity contribution is 9.10. The summed E-state index contributed by atoms with van der Waals surface area (Å²) < 4.78 is 27.6. The van der Waals surface area contributed by atoms with E-state index < -0.39 is 10.0 Å². The van der Waals surface area contributed by atoms with Gasteiger partial charge in [-0.05, 0) is 29.0 Å². The van der Waals surface area contributed by atoms with E-state index in [-0.39, 0.29) is 5.03 Å². The summed E-state index contributed by atoms with van der Waals surface area (Å²) in [5.41, 5.74) is 0.986. The maximum Gasteiger partial charge on any atom is 0.279 e. The molecule has 2 aromatic heterocycles. The zero-order valence-electron chi connectivity index (χ0n) is 10.0. The Kier molecular flexibility index (Phi) is 4.17. The molecule has 7 nitrogen and oxygen atoms in total. The first-order valence-electron chi connectivity index (χ1n) is 5.34. The Balaban J connectivity index is 2.33. The molecule has 0 radical (unpaired) electrons. The molecule has 0 aliphatic carbocycles. The maximum atomic E-state index is 12.3. The summed E-state index contributed by atoms with van der Waals surface area (Å²) in [6.45, 7) is 0.407. The molecule has 19 heavy (non-hydrogen) atoms. The number of aromatic amines is 1. The Morgan fingerprint density at radius 1 is 1.42 bits per heavy atom. The van der Waals surface area contributed by atoms with Crippen molar-refractivity contribution >= 4 is 31.6 Å². The molecule has 0 spiro atoms. The lowest BCUT2D eigenvalue weighted by Crippen LogP contribution is -2.17. The molecule has 0 aromatic carbocycles. The van der Waals surface area contributed by atoms with Crippen LogP contribution in [0.15, 0.2) is 34.2 Å². The predicted molar refractivity (Wildman–Crippen MR) is 74.1 cm³/mol. The van der Waals surface area contributed by atoms with Gasteiger partial charge in [0.15, 0.2) is 5.03 Å². The molecule has 0 fully saturated rings. The minimum Gasteiger partial charge on any atom is -0.316 e. The molecule has 102 valence electrons. The molecule has 0 bridgehead atoms. The third kappa shape index (κ3) is 3.11. The Morgan fingerprint density at radius 2 is 2.21 bits per heavy atom. The van der Waals surface area contributed by atoms with Gasteiger partial charge in [-0.1, -0.05) is 0 Å². The molecule has 0 saturated carbocycles. The highest BCUT2D eigenvalue weighted by Crippen LogP contribution is 2.23. The number of halogens is 1. The van der Waals surface area contributed by atoms with E-state index in [1.807, 2.05) is 0 Å². The van der Waals surface area contributed by atoms with Crippen LogP contribution in [0.5, 0.6) is 0 Å². The molecule has 0 unspecified atom stereocenters. The average molecular weight is 346 g/mol. The highest BCUT2D eigenvalue weighted by Gasteiger charge is 2.21.